The van der Waals surface area contributed by atoms with Gasteiger partial charge in [-0.2, -0.15) is 0 Å². The third kappa shape index (κ3) is 4.32. The summed E-state index contributed by atoms with van der Waals surface area (Å²) in [6.07, 6.45) is -0.117. The smallest absolute Gasteiger partial charge is 0.323 e. The highest BCUT2D eigenvalue weighted by Crippen LogP contribution is 2.35. The number of esters is 1. The van der Waals surface area contributed by atoms with Gasteiger partial charge in [-0.05, 0) is 17.0 Å². The standard InChI is InChI=1S/C22H27NO3/c1-16(2)15-26-22(25)20-13-19(24)14-23(20)21(17-9-5-3-6-10-17)18-11-7-4-8-12-18/h3-12,16,19-21,24H,13-15H2,1-2H3. The van der Waals surface area contributed by atoms with E-state index in [9.17, 15) is 9.90 Å². The fourth-order valence-corrected chi connectivity index (χ4v) is 3.55. The largest absolute Gasteiger partial charge is 0.464 e. The van der Waals surface area contributed by atoms with E-state index in [0.29, 0.717) is 19.6 Å². The first kappa shape index (κ1) is 18.6. The minimum atomic E-state index is -0.526. The van der Waals surface area contributed by atoms with Gasteiger partial charge >= 0.3 is 5.97 Å². The molecular formula is C22H27NO3. The summed E-state index contributed by atoms with van der Waals surface area (Å²) in [6, 6.07) is 19.7. The molecule has 2 unspecified atom stereocenters. The van der Waals surface area contributed by atoms with E-state index in [1.807, 2.05) is 50.2 Å². The highest BCUT2D eigenvalue weighted by atomic mass is 16.5. The first-order valence-corrected chi connectivity index (χ1v) is 9.26. The molecule has 1 heterocycles. The number of aliphatic hydroxyl groups is 1. The number of hydrogen-bond acceptors (Lipinski definition) is 4. The van der Waals surface area contributed by atoms with Gasteiger partial charge in [0, 0.05) is 13.0 Å². The predicted molar refractivity (Wildman–Crippen MR) is 102 cm³/mol. The molecule has 0 amide bonds. The second kappa shape index (κ2) is 8.47. The van der Waals surface area contributed by atoms with Crippen molar-refractivity contribution < 1.29 is 14.6 Å². The summed E-state index contributed by atoms with van der Waals surface area (Å²) in [5.41, 5.74) is 2.21. The molecule has 1 fully saturated rings. The van der Waals surface area contributed by atoms with Crippen molar-refractivity contribution in [1.82, 2.24) is 4.90 Å². The quantitative estimate of drug-likeness (QED) is 0.809. The predicted octanol–water partition coefficient (Wildman–Crippen LogP) is 3.41. The normalized spacial score (nSPS) is 20.7. The average Bonchev–Trinajstić information content (AvgIpc) is 3.03. The number of carbonyl (C=O) groups excluding carboxylic acids is 1. The van der Waals surface area contributed by atoms with Crippen molar-refractivity contribution in [2.75, 3.05) is 13.2 Å². The fraction of sp³-hybridized carbons (Fsp3) is 0.409. The Hall–Kier alpha value is -2.17. The molecule has 0 aromatic heterocycles. The molecule has 0 aliphatic carbocycles. The minimum Gasteiger partial charge on any atom is -0.464 e. The Morgan fingerprint density at radius 1 is 1.08 bits per heavy atom. The molecular weight excluding hydrogens is 326 g/mol. The Morgan fingerprint density at radius 2 is 1.62 bits per heavy atom. The second-order valence-electron chi connectivity index (χ2n) is 7.35. The first-order valence-electron chi connectivity index (χ1n) is 9.26. The highest BCUT2D eigenvalue weighted by Gasteiger charge is 2.41. The van der Waals surface area contributed by atoms with Crippen LogP contribution in [0.1, 0.15) is 37.4 Å². The molecule has 138 valence electrons. The Bertz CT molecular complexity index is 662. The molecule has 0 spiro atoms. The molecule has 0 radical (unpaired) electrons. The Morgan fingerprint density at radius 3 is 2.12 bits per heavy atom. The molecule has 0 saturated carbocycles. The SMILES string of the molecule is CC(C)COC(=O)C1CC(O)CN1C(c1ccccc1)c1ccccc1. The van der Waals surface area contributed by atoms with E-state index in [-0.39, 0.29) is 17.9 Å². The Kier molecular flexibility index (Phi) is 6.07. The molecule has 26 heavy (non-hydrogen) atoms. The summed E-state index contributed by atoms with van der Waals surface area (Å²) in [5.74, 6) is 0.0462. The van der Waals surface area contributed by atoms with E-state index in [0.717, 1.165) is 11.1 Å². The molecule has 2 aromatic carbocycles. The molecule has 4 nitrogen and oxygen atoms in total. The van der Waals surface area contributed by atoms with Crippen LogP contribution in [0.25, 0.3) is 0 Å². The molecule has 4 heteroatoms. The lowest BCUT2D eigenvalue weighted by Crippen LogP contribution is -2.40. The van der Waals surface area contributed by atoms with Gasteiger partial charge in [-0.15, -0.1) is 0 Å². The topological polar surface area (TPSA) is 49.8 Å². The lowest BCUT2D eigenvalue weighted by atomic mass is 9.96. The molecule has 1 aliphatic rings. The number of hydrogen-bond donors (Lipinski definition) is 1. The molecule has 2 aromatic rings. The van der Waals surface area contributed by atoms with Crippen LogP contribution in [0.5, 0.6) is 0 Å². The number of benzene rings is 2. The van der Waals surface area contributed by atoms with Crippen molar-refractivity contribution in [2.24, 2.45) is 5.92 Å². The molecule has 1 saturated heterocycles. The van der Waals surface area contributed by atoms with Gasteiger partial charge in [-0.1, -0.05) is 74.5 Å². The Balaban J connectivity index is 1.92. The van der Waals surface area contributed by atoms with Gasteiger partial charge in [0.15, 0.2) is 0 Å². The van der Waals surface area contributed by atoms with Crippen molar-refractivity contribution in [2.45, 2.75) is 38.5 Å². The van der Waals surface area contributed by atoms with Gasteiger partial charge in [0.05, 0.1) is 18.8 Å². The van der Waals surface area contributed by atoms with Gasteiger partial charge in [-0.3, -0.25) is 9.69 Å². The molecule has 0 bridgehead atoms. The molecule has 2 atom stereocenters. The van der Waals surface area contributed by atoms with Crippen molar-refractivity contribution in [3.05, 3.63) is 71.8 Å². The van der Waals surface area contributed by atoms with Crippen LogP contribution in [0, 0.1) is 5.92 Å². The van der Waals surface area contributed by atoms with Crippen molar-refractivity contribution >= 4 is 5.97 Å². The number of rotatable bonds is 6. The maximum absolute atomic E-state index is 12.7. The second-order valence-corrected chi connectivity index (χ2v) is 7.35. The van der Waals surface area contributed by atoms with E-state index >= 15 is 0 Å². The number of likely N-dealkylation sites (tertiary alicyclic amines) is 1. The zero-order valence-corrected chi connectivity index (χ0v) is 15.4. The van der Waals surface area contributed by atoms with Crippen molar-refractivity contribution in [3.8, 4) is 0 Å². The third-order valence-electron chi connectivity index (χ3n) is 4.71. The zero-order chi connectivity index (χ0) is 18.5. The van der Waals surface area contributed by atoms with Crippen LogP contribution in [0.15, 0.2) is 60.7 Å². The summed E-state index contributed by atoms with van der Waals surface area (Å²) >= 11 is 0. The number of nitrogens with zero attached hydrogens (tertiary/aromatic N) is 1. The van der Waals surface area contributed by atoms with Crippen LogP contribution in [0.4, 0.5) is 0 Å². The van der Waals surface area contributed by atoms with Crippen molar-refractivity contribution in [3.63, 3.8) is 0 Å². The van der Waals surface area contributed by atoms with E-state index < -0.39 is 12.1 Å². The summed E-state index contributed by atoms with van der Waals surface area (Å²) in [5, 5.41) is 10.3. The Labute approximate surface area is 155 Å². The summed E-state index contributed by atoms with van der Waals surface area (Å²) in [6.45, 7) is 4.90. The summed E-state index contributed by atoms with van der Waals surface area (Å²) in [7, 11) is 0. The maximum atomic E-state index is 12.7. The van der Waals surface area contributed by atoms with Gasteiger partial charge in [0.25, 0.3) is 0 Å². The van der Waals surface area contributed by atoms with Crippen LogP contribution in [-0.2, 0) is 9.53 Å². The number of carbonyl (C=O) groups is 1. The van der Waals surface area contributed by atoms with Crippen LogP contribution in [-0.4, -0.2) is 41.3 Å². The lowest BCUT2D eigenvalue weighted by Gasteiger charge is -2.32. The van der Waals surface area contributed by atoms with Gasteiger partial charge in [0.1, 0.15) is 6.04 Å². The van der Waals surface area contributed by atoms with Crippen LogP contribution < -0.4 is 0 Å². The average molecular weight is 353 g/mol. The fourth-order valence-electron chi connectivity index (χ4n) is 3.55. The summed E-state index contributed by atoms with van der Waals surface area (Å²) < 4.78 is 5.50. The minimum absolute atomic E-state index is 0.0915. The van der Waals surface area contributed by atoms with Gasteiger partial charge < -0.3 is 9.84 Å². The van der Waals surface area contributed by atoms with Crippen LogP contribution >= 0.6 is 0 Å². The molecule has 3 rings (SSSR count). The molecule has 1 N–H and O–H groups in total. The van der Waals surface area contributed by atoms with Crippen molar-refractivity contribution in [1.29, 1.82) is 0 Å². The van der Waals surface area contributed by atoms with Gasteiger partial charge in [0.2, 0.25) is 0 Å². The van der Waals surface area contributed by atoms with E-state index in [2.05, 4.69) is 29.2 Å². The highest BCUT2D eigenvalue weighted by molar-refractivity contribution is 5.76. The van der Waals surface area contributed by atoms with Gasteiger partial charge in [-0.25, -0.2) is 0 Å². The lowest BCUT2D eigenvalue weighted by molar-refractivity contribution is -0.150. The zero-order valence-electron chi connectivity index (χ0n) is 15.4. The number of β-amino-alcohol motifs (C(OH)–C–C–N with tert-alkyl or cyclic N) is 1. The number of ether oxygens (including phenoxy) is 1. The third-order valence-corrected chi connectivity index (χ3v) is 4.71. The van der Waals surface area contributed by atoms with E-state index in [4.69, 9.17) is 4.74 Å². The van der Waals surface area contributed by atoms with E-state index in [1.165, 1.54) is 0 Å². The van der Waals surface area contributed by atoms with Crippen LogP contribution in [0.2, 0.25) is 0 Å². The van der Waals surface area contributed by atoms with Crippen LogP contribution in [0.3, 0.4) is 0 Å². The first-order chi connectivity index (χ1) is 12.6. The summed E-state index contributed by atoms with van der Waals surface area (Å²) in [4.78, 5) is 14.8. The maximum Gasteiger partial charge on any atom is 0.323 e. The monoisotopic (exact) mass is 353 g/mol. The van der Waals surface area contributed by atoms with E-state index in [1.54, 1.807) is 0 Å². The number of aliphatic hydroxyl groups excluding tert-OH is 1. The molecule has 1 aliphatic heterocycles.